The number of benzene rings is 1. The Balaban J connectivity index is 1.70. The number of fused-ring (bicyclic) bond motifs is 2. The van der Waals surface area contributed by atoms with Crippen molar-refractivity contribution in [3.8, 4) is 0 Å². The van der Waals surface area contributed by atoms with Gasteiger partial charge in [-0.15, -0.1) is 0 Å². The highest BCUT2D eigenvalue weighted by molar-refractivity contribution is 6.30. The molecule has 7 heteroatoms. The fraction of sp³-hybridized carbons (Fsp3) is 0.316. The minimum Gasteiger partial charge on any atom is -0.302 e. The Labute approximate surface area is 154 Å². The summed E-state index contributed by atoms with van der Waals surface area (Å²) >= 11 is 6.07. The number of imidazole rings is 1. The summed E-state index contributed by atoms with van der Waals surface area (Å²) < 4.78 is 42.0. The van der Waals surface area contributed by atoms with E-state index in [1.54, 1.807) is 24.4 Å². The molecular formula is C19H17ClF3N3. The minimum atomic E-state index is -4.47. The SMILES string of the molecule is FC(F)(F)c1nc2ccccn2c1CN1CCCc2cc(Cl)ccc2C1. The van der Waals surface area contributed by atoms with Gasteiger partial charge in [0.15, 0.2) is 5.69 Å². The standard InChI is InChI=1S/C19H17ClF3N3/c20-15-7-6-14-11-25(8-3-4-13(14)10-15)12-16-18(19(21,22)23)24-17-5-1-2-9-26(16)17/h1-2,5-7,9-10H,3-4,8,11-12H2. The normalized spacial score (nSPS) is 15.8. The zero-order valence-electron chi connectivity index (χ0n) is 13.9. The second-order valence-electron chi connectivity index (χ2n) is 6.56. The first kappa shape index (κ1) is 17.4. The Morgan fingerprint density at radius 3 is 2.77 bits per heavy atom. The predicted octanol–water partition coefficient (Wildman–Crippen LogP) is 4.95. The molecule has 0 bridgehead atoms. The summed E-state index contributed by atoms with van der Waals surface area (Å²) in [6.07, 6.45) is -1.08. The van der Waals surface area contributed by atoms with Gasteiger partial charge in [0.05, 0.1) is 5.69 Å². The molecule has 1 aliphatic rings. The molecule has 0 saturated carbocycles. The van der Waals surface area contributed by atoms with Crippen LogP contribution < -0.4 is 0 Å². The molecule has 0 atom stereocenters. The summed E-state index contributed by atoms with van der Waals surface area (Å²) in [5, 5.41) is 0.693. The number of halogens is 4. The number of alkyl halides is 3. The quantitative estimate of drug-likeness (QED) is 0.627. The van der Waals surface area contributed by atoms with Gasteiger partial charge in [0.25, 0.3) is 0 Å². The summed E-state index contributed by atoms with van der Waals surface area (Å²) in [5.41, 5.74) is 2.00. The number of nitrogens with zero attached hydrogens (tertiary/aromatic N) is 3. The van der Waals surface area contributed by atoms with Gasteiger partial charge in [-0.3, -0.25) is 4.90 Å². The van der Waals surface area contributed by atoms with E-state index in [2.05, 4.69) is 4.98 Å². The maximum absolute atomic E-state index is 13.5. The first-order chi connectivity index (χ1) is 12.4. The number of aryl methyl sites for hydroxylation is 1. The van der Waals surface area contributed by atoms with Gasteiger partial charge in [-0.2, -0.15) is 13.2 Å². The topological polar surface area (TPSA) is 20.5 Å². The van der Waals surface area contributed by atoms with Crippen LogP contribution >= 0.6 is 11.6 Å². The fourth-order valence-electron chi connectivity index (χ4n) is 3.57. The lowest BCUT2D eigenvalue weighted by molar-refractivity contribution is -0.141. The third-order valence-corrected chi connectivity index (χ3v) is 4.99. The van der Waals surface area contributed by atoms with Gasteiger partial charge in [-0.25, -0.2) is 4.98 Å². The van der Waals surface area contributed by atoms with Gasteiger partial charge >= 0.3 is 6.18 Å². The molecule has 0 amide bonds. The van der Waals surface area contributed by atoms with Gasteiger partial charge in [0.2, 0.25) is 0 Å². The van der Waals surface area contributed by atoms with Crippen molar-refractivity contribution in [2.24, 2.45) is 0 Å². The number of rotatable bonds is 2. The zero-order valence-corrected chi connectivity index (χ0v) is 14.7. The molecule has 4 rings (SSSR count). The Morgan fingerprint density at radius 1 is 1.12 bits per heavy atom. The molecule has 1 aliphatic heterocycles. The molecule has 3 aromatic rings. The van der Waals surface area contributed by atoms with Gasteiger partial charge in [0, 0.05) is 24.3 Å². The fourth-order valence-corrected chi connectivity index (χ4v) is 3.76. The summed E-state index contributed by atoms with van der Waals surface area (Å²) in [6, 6.07) is 10.8. The van der Waals surface area contributed by atoms with Crippen molar-refractivity contribution in [1.82, 2.24) is 14.3 Å². The van der Waals surface area contributed by atoms with Crippen molar-refractivity contribution in [2.45, 2.75) is 32.1 Å². The van der Waals surface area contributed by atoms with Crippen molar-refractivity contribution in [3.05, 3.63) is 70.1 Å². The molecule has 0 unspecified atom stereocenters. The van der Waals surface area contributed by atoms with Gasteiger partial charge in [0.1, 0.15) is 5.65 Å². The van der Waals surface area contributed by atoms with Crippen LogP contribution in [0.3, 0.4) is 0 Å². The van der Waals surface area contributed by atoms with Crippen molar-refractivity contribution < 1.29 is 13.2 Å². The molecule has 3 nitrogen and oxygen atoms in total. The van der Waals surface area contributed by atoms with Crippen molar-refractivity contribution in [2.75, 3.05) is 6.54 Å². The number of aromatic nitrogens is 2. The summed E-state index contributed by atoms with van der Waals surface area (Å²) in [5.74, 6) is 0. The van der Waals surface area contributed by atoms with Crippen LogP contribution in [0.25, 0.3) is 5.65 Å². The Morgan fingerprint density at radius 2 is 1.96 bits per heavy atom. The van der Waals surface area contributed by atoms with E-state index in [0.29, 0.717) is 17.2 Å². The molecule has 1 aromatic carbocycles. The van der Waals surface area contributed by atoms with Crippen LogP contribution in [0.1, 0.15) is 28.9 Å². The van der Waals surface area contributed by atoms with Gasteiger partial charge < -0.3 is 4.40 Å². The molecule has 136 valence electrons. The molecule has 0 radical (unpaired) electrons. The summed E-state index contributed by atoms with van der Waals surface area (Å²) in [6.45, 7) is 1.52. The largest absolute Gasteiger partial charge is 0.435 e. The van der Waals surface area contributed by atoms with Crippen LogP contribution in [-0.2, 0) is 25.7 Å². The Hall–Kier alpha value is -2.05. The average Bonchev–Trinajstić information content (AvgIpc) is 2.84. The van der Waals surface area contributed by atoms with Crippen molar-refractivity contribution in [3.63, 3.8) is 0 Å². The van der Waals surface area contributed by atoms with E-state index in [0.717, 1.165) is 24.9 Å². The van der Waals surface area contributed by atoms with Crippen LogP contribution in [0.15, 0.2) is 42.6 Å². The van der Waals surface area contributed by atoms with Crippen LogP contribution in [0.4, 0.5) is 13.2 Å². The van der Waals surface area contributed by atoms with Gasteiger partial charge in [-0.1, -0.05) is 23.7 Å². The van der Waals surface area contributed by atoms with Gasteiger partial charge in [-0.05, 0) is 54.8 Å². The molecule has 0 saturated heterocycles. The lowest BCUT2D eigenvalue weighted by Gasteiger charge is -2.21. The molecule has 0 N–H and O–H groups in total. The smallest absolute Gasteiger partial charge is 0.302 e. The van der Waals surface area contributed by atoms with Crippen molar-refractivity contribution >= 4 is 17.2 Å². The molecule has 26 heavy (non-hydrogen) atoms. The highest BCUT2D eigenvalue weighted by Crippen LogP contribution is 2.33. The second-order valence-corrected chi connectivity index (χ2v) is 7.00. The summed E-state index contributed by atoms with van der Waals surface area (Å²) in [4.78, 5) is 5.87. The first-order valence-corrected chi connectivity index (χ1v) is 8.82. The minimum absolute atomic E-state index is 0.186. The molecule has 2 aromatic heterocycles. The van der Waals surface area contributed by atoms with E-state index in [1.807, 2.05) is 23.1 Å². The maximum Gasteiger partial charge on any atom is 0.435 e. The van der Waals surface area contributed by atoms with E-state index in [1.165, 1.54) is 9.96 Å². The Bertz CT molecular complexity index is 949. The van der Waals surface area contributed by atoms with E-state index in [-0.39, 0.29) is 12.2 Å². The molecule has 3 heterocycles. The van der Waals surface area contributed by atoms with E-state index in [9.17, 15) is 13.2 Å². The van der Waals surface area contributed by atoms with Crippen LogP contribution in [-0.4, -0.2) is 20.8 Å². The average molecular weight is 380 g/mol. The number of pyridine rings is 1. The Kier molecular flexibility index (Phi) is 4.40. The molecular weight excluding hydrogens is 363 g/mol. The van der Waals surface area contributed by atoms with Crippen LogP contribution in [0.2, 0.25) is 5.02 Å². The van der Waals surface area contributed by atoms with Crippen molar-refractivity contribution in [1.29, 1.82) is 0 Å². The zero-order chi connectivity index (χ0) is 18.3. The van der Waals surface area contributed by atoms with Crippen LogP contribution in [0, 0.1) is 0 Å². The van der Waals surface area contributed by atoms with E-state index >= 15 is 0 Å². The van der Waals surface area contributed by atoms with Crippen LogP contribution in [0.5, 0.6) is 0 Å². The highest BCUT2D eigenvalue weighted by Gasteiger charge is 2.38. The second kappa shape index (κ2) is 6.59. The first-order valence-electron chi connectivity index (χ1n) is 8.44. The predicted molar refractivity (Wildman–Crippen MR) is 94.1 cm³/mol. The third-order valence-electron chi connectivity index (χ3n) is 4.75. The third kappa shape index (κ3) is 3.31. The maximum atomic E-state index is 13.5. The lowest BCUT2D eigenvalue weighted by atomic mass is 10.0. The van der Waals surface area contributed by atoms with E-state index in [4.69, 9.17) is 11.6 Å². The molecule has 0 fully saturated rings. The molecule has 0 spiro atoms. The summed E-state index contributed by atoms with van der Waals surface area (Å²) in [7, 11) is 0. The monoisotopic (exact) mass is 379 g/mol. The van der Waals surface area contributed by atoms with E-state index < -0.39 is 11.9 Å². The number of hydrogen-bond donors (Lipinski definition) is 0. The molecule has 0 aliphatic carbocycles. The lowest BCUT2D eigenvalue weighted by Crippen LogP contribution is -2.25. The number of hydrogen-bond acceptors (Lipinski definition) is 2. The highest BCUT2D eigenvalue weighted by atomic mass is 35.5.